The van der Waals surface area contributed by atoms with Crippen LogP contribution in [-0.4, -0.2) is 42.6 Å². The SMILES string of the molecule is OCC[NH2+]C[C@H](O)COc1ccccc1. The van der Waals surface area contributed by atoms with Crippen molar-refractivity contribution in [3.8, 4) is 5.75 Å². The number of rotatable bonds is 7. The van der Waals surface area contributed by atoms with Crippen LogP contribution in [0.15, 0.2) is 30.3 Å². The van der Waals surface area contributed by atoms with Gasteiger partial charge in [-0.2, -0.15) is 0 Å². The van der Waals surface area contributed by atoms with Gasteiger partial charge in [0.2, 0.25) is 0 Å². The van der Waals surface area contributed by atoms with E-state index in [-0.39, 0.29) is 13.2 Å². The van der Waals surface area contributed by atoms with Gasteiger partial charge in [0.05, 0.1) is 13.2 Å². The van der Waals surface area contributed by atoms with Gasteiger partial charge >= 0.3 is 0 Å². The smallest absolute Gasteiger partial charge is 0.137 e. The average molecular weight is 212 g/mol. The van der Waals surface area contributed by atoms with Crippen molar-refractivity contribution >= 4 is 0 Å². The maximum absolute atomic E-state index is 9.50. The Kier molecular flexibility index (Phi) is 5.77. The van der Waals surface area contributed by atoms with Crippen molar-refractivity contribution in [2.24, 2.45) is 0 Å². The Morgan fingerprint density at radius 2 is 2.00 bits per heavy atom. The second-order valence-electron chi connectivity index (χ2n) is 3.31. The Bertz CT molecular complexity index is 253. The zero-order chi connectivity index (χ0) is 10.9. The van der Waals surface area contributed by atoms with Crippen molar-refractivity contribution in [2.45, 2.75) is 6.10 Å². The number of nitrogens with two attached hydrogens (primary N) is 1. The van der Waals surface area contributed by atoms with Crippen molar-refractivity contribution in [1.82, 2.24) is 0 Å². The number of quaternary nitrogens is 1. The first-order chi connectivity index (χ1) is 7.33. The van der Waals surface area contributed by atoms with E-state index in [4.69, 9.17) is 9.84 Å². The maximum atomic E-state index is 9.50. The van der Waals surface area contributed by atoms with E-state index >= 15 is 0 Å². The van der Waals surface area contributed by atoms with Crippen LogP contribution in [0, 0.1) is 0 Å². The monoisotopic (exact) mass is 212 g/mol. The molecular formula is C11H18NO3+. The molecule has 1 aromatic carbocycles. The van der Waals surface area contributed by atoms with E-state index in [9.17, 15) is 5.11 Å². The van der Waals surface area contributed by atoms with E-state index in [2.05, 4.69) is 0 Å². The predicted octanol–water partition coefficient (Wildman–Crippen LogP) is -1.02. The fourth-order valence-electron chi connectivity index (χ4n) is 1.18. The Labute approximate surface area is 89.5 Å². The highest BCUT2D eigenvalue weighted by Gasteiger charge is 2.06. The molecule has 1 atom stereocenters. The third-order valence-corrected chi connectivity index (χ3v) is 1.96. The first kappa shape index (κ1) is 12.0. The Morgan fingerprint density at radius 3 is 2.67 bits per heavy atom. The lowest BCUT2D eigenvalue weighted by Crippen LogP contribution is -2.87. The number of aliphatic hydroxyl groups is 2. The number of aliphatic hydroxyl groups excluding tert-OH is 2. The number of hydrogen-bond donors (Lipinski definition) is 3. The summed E-state index contributed by atoms with van der Waals surface area (Å²) in [7, 11) is 0. The molecule has 0 aliphatic heterocycles. The van der Waals surface area contributed by atoms with Crippen LogP contribution in [-0.2, 0) is 0 Å². The molecule has 4 heteroatoms. The third-order valence-electron chi connectivity index (χ3n) is 1.96. The second-order valence-corrected chi connectivity index (χ2v) is 3.31. The largest absolute Gasteiger partial charge is 0.491 e. The summed E-state index contributed by atoms with van der Waals surface area (Å²) in [4.78, 5) is 0. The lowest BCUT2D eigenvalue weighted by molar-refractivity contribution is -0.662. The van der Waals surface area contributed by atoms with E-state index in [1.165, 1.54) is 0 Å². The highest BCUT2D eigenvalue weighted by molar-refractivity contribution is 5.20. The van der Waals surface area contributed by atoms with Gasteiger partial charge in [0.15, 0.2) is 0 Å². The summed E-state index contributed by atoms with van der Waals surface area (Å²) < 4.78 is 5.37. The van der Waals surface area contributed by atoms with Crippen LogP contribution in [0.1, 0.15) is 0 Å². The van der Waals surface area contributed by atoms with Gasteiger partial charge < -0.3 is 20.3 Å². The molecule has 1 rings (SSSR count). The molecule has 0 fully saturated rings. The molecule has 4 nitrogen and oxygen atoms in total. The van der Waals surface area contributed by atoms with E-state index in [1.54, 1.807) is 0 Å². The van der Waals surface area contributed by atoms with Crippen LogP contribution < -0.4 is 10.1 Å². The summed E-state index contributed by atoms with van der Waals surface area (Å²) in [5.74, 6) is 0.763. The lowest BCUT2D eigenvalue weighted by Gasteiger charge is -2.10. The first-order valence-corrected chi connectivity index (χ1v) is 5.11. The summed E-state index contributed by atoms with van der Waals surface area (Å²) >= 11 is 0. The van der Waals surface area contributed by atoms with E-state index < -0.39 is 6.10 Å². The molecule has 0 spiro atoms. The van der Waals surface area contributed by atoms with Gasteiger partial charge in [-0.15, -0.1) is 0 Å². The van der Waals surface area contributed by atoms with Crippen LogP contribution in [0.3, 0.4) is 0 Å². The zero-order valence-electron chi connectivity index (χ0n) is 8.67. The maximum Gasteiger partial charge on any atom is 0.137 e. The van der Waals surface area contributed by atoms with Gasteiger partial charge in [-0.05, 0) is 12.1 Å². The average Bonchev–Trinajstić information content (AvgIpc) is 2.28. The number of para-hydroxylation sites is 1. The lowest BCUT2D eigenvalue weighted by atomic mass is 10.3. The molecular weight excluding hydrogens is 194 g/mol. The van der Waals surface area contributed by atoms with Crippen molar-refractivity contribution in [2.75, 3.05) is 26.3 Å². The summed E-state index contributed by atoms with van der Waals surface area (Å²) in [6.45, 7) is 1.58. The summed E-state index contributed by atoms with van der Waals surface area (Å²) in [6.07, 6.45) is -0.503. The Hall–Kier alpha value is -1.10. The molecule has 0 saturated heterocycles. The van der Waals surface area contributed by atoms with Gasteiger partial charge in [-0.1, -0.05) is 18.2 Å². The number of hydrogen-bond acceptors (Lipinski definition) is 3. The van der Waals surface area contributed by atoms with Gasteiger partial charge in [0.1, 0.15) is 25.0 Å². The molecule has 0 heterocycles. The standard InChI is InChI=1S/C11H17NO3/c13-7-6-12-8-10(14)9-15-11-4-2-1-3-5-11/h1-5,10,12-14H,6-9H2/p+1/t10-/m0/s1. The van der Waals surface area contributed by atoms with Gasteiger partial charge in [-0.25, -0.2) is 0 Å². The van der Waals surface area contributed by atoms with E-state index in [0.717, 1.165) is 5.75 Å². The highest BCUT2D eigenvalue weighted by Crippen LogP contribution is 2.07. The number of ether oxygens (including phenoxy) is 1. The fraction of sp³-hybridized carbons (Fsp3) is 0.455. The van der Waals surface area contributed by atoms with Crippen LogP contribution in [0.5, 0.6) is 5.75 Å². The molecule has 0 bridgehead atoms. The van der Waals surface area contributed by atoms with Gasteiger partial charge in [-0.3, -0.25) is 0 Å². The first-order valence-electron chi connectivity index (χ1n) is 5.11. The van der Waals surface area contributed by atoms with E-state index in [0.29, 0.717) is 13.1 Å². The van der Waals surface area contributed by atoms with E-state index in [1.807, 2.05) is 35.6 Å². The molecule has 0 aliphatic rings. The molecule has 84 valence electrons. The molecule has 0 unspecified atom stereocenters. The quantitative estimate of drug-likeness (QED) is 0.507. The van der Waals surface area contributed by atoms with Crippen LogP contribution >= 0.6 is 0 Å². The summed E-state index contributed by atoms with van der Waals surface area (Å²) in [5, 5.41) is 19.9. The molecule has 0 radical (unpaired) electrons. The van der Waals surface area contributed by atoms with Crippen LogP contribution in [0.4, 0.5) is 0 Å². The minimum atomic E-state index is -0.503. The van der Waals surface area contributed by atoms with Crippen molar-refractivity contribution in [3.63, 3.8) is 0 Å². The molecule has 15 heavy (non-hydrogen) atoms. The zero-order valence-corrected chi connectivity index (χ0v) is 8.67. The van der Waals surface area contributed by atoms with Crippen molar-refractivity contribution in [1.29, 1.82) is 0 Å². The minimum Gasteiger partial charge on any atom is -0.491 e. The normalized spacial score (nSPS) is 12.4. The van der Waals surface area contributed by atoms with Gasteiger partial charge in [0.25, 0.3) is 0 Å². The molecule has 0 aromatic heterocycles. The summed E-state index contributed by atoms with van der Waals surface area (Å²) in [6, 6.07) is 9.39. The molecule has 0 aliphatic carbocycles. The number of benzene rings is 1. The molecule has 1 aromatic rings. The molecule has 0 saturated carbocycles. The Balaban J connectivity index is 2.14. The Morgan fingerprint density at radius 1 is 1.27 bits per heavy atom. The third kappa shape index (κ3) is 5.37. The fourth-order valence-corrected chi connectivity index (χ4v) is 1.18. The van der Waals surface area contributed by atoms with Gasteiger partial charge in [0, 0.05) is 0 Å². The summed E-state index contributed by atoms with van der Waals surface area (Å²) in [5.41, 5.74) is 0. The molecule has 0 amide bonds. The minimum absolute atomic E-state index is 0.131. The predicted molar refractivity (Wildman–Crippen MR) is 56.7 cm³/mol. The van der Waals surface area contributed by atoms with Crippen LogP contribution in [0.25, 0.3) is 0 Å². The second kappa shape index (κ2) is 7.23. The topological polar surface area (TPSA) is 66.3 Å². The molecule has 4 N–H and O–H groups in total. The van der Waals surface area contributed by atoms with Crippen molar-refractivity contribution in [3.05, 3.63) is 30.3 Å². The van der Waals surface area contributed by atoms with Crippen molar-refractivity contribution < 1.29 is 20.3 Å². The van der Waals surface area contributed by atoms with Crippen LogP contribution in [0.2, 0.25) is 0 Å². The highest BCUT2D eigenvalue weighted by atomic mass is 16.5.